The highest BCUT2D eigenvalue weighted by molar-refractivity contribution is 7.92. The molecule has 1 N–H and O–H groups in total. The van der Waals surface area contributed by atoms with E-state index in [4.69, 9.17) is 14.0 Å². The summed E-state index contributed by atoms with van der Waals surface area (Å²) in [6.07, 6.45) is 0.803. The van der Waals surface area contributed by atoms with Gasteiger partial charge in [-0.05, 0) is 42.8 Å². The predicted molar refractivity (Wildman–Crippen MR) is 123 cm³/mol. The highest BCUT2D eigenvalue weighted by Gasteiger charge is 2.20. The second-order valence-electron chi connectivity index (χ2n) is 7.20. The molecule has 1 aromatic heterocycles. The lowest BCUT2D eigenvalue weighted by atomic mass is 10.2. The average Bonchev–Trinajstić information content (AvgIpc) is 3.29. The quantitative estimate of drug-likeness (QED) is 0.476. The maximum atomic E-state index is 12.6. The molecule has 0 aliphatic heterocycles. The van der Waals surface area contributed by atoms with Crippen molar-refractivity contribution in [1.82, 2.24) is 15.5 Å². The number of carbonyl (C=O) groups excluding carboxylic acids is 1. The number of amides is 1. The molecule has 0 saturated heterocycles. The minimum Gasteiger partial charge on any atom is -0.497 e. The highest BCUT2D eigenvalue weighted by Crippen LogP contribution is 2.22. The van der Waals surface area contributed by atoms with Gasteiger partial charge in [-0.3, -0.25) is 9.10 Å². The van der Waals surface area contributed by atoms with Crippen molar-refractivity contribution in [2.45, 2.75) is 26.0 Å². The molecule has 10 nitrogen and oxygen atoms in total. The monoisotopic (exact) mass is 474 g/mol. The van der Waals surface area contributed by atoms with Crippen molar-refractivity contribution in [3.63, 3.8) is 0 Å². The predicted octanol–water partition coefficient (Wildman–Crippen LogP) is 2.61. The number of nitrogens with one attached hydrogen (secondary N) is 1. The lowest BCUT2D eigenvalue weighted by Gasteiger charge is -2.19. The van der Waals surface area contributed by atoms with Crippen LogP contribution < -0.4 is 19.1 Å². The second-order valence-corrected chi connectivity index (χ2v) is 9.21. The van der Waals surface area contributed by atoms with Gasteiger partial charge in [0.2, 0.25) is 21.7 Å². The fourth-order valence-electron chi connectivity index (χ4n) is 2.90. The summed E-state index contributed by atoms with van der Waals surface area (Å²) < 4.78 is 40.7. The third kappa shape index (κ3) is 6.22. The number of aromatic nitrogens is 2. The highest BCUT2D eigenvalue weighted by atomic mass is 32.2. The van der Waals surface area contributed by atoms with Gasteiger partial charge in [0.1, 0.15) is 11.5 Å². The zero-order valence-corrected chi connectivity index (χ0v) is 19.6. The van der Waals surface area contributed by atoms with Crippen LogP contribution in [0.25, 0.3) is 11.4 Å². The number of anilines is 1. The fourth-order valence-corrected chi connectivity index (χ4v) is 3.40. The Morgan fingerprint density at radius 2 is 1.91 bits per heavy atom. The van der Waals surface area contributed by atoms with Gasteiger partial charge >= 0.3 is 0 Å². The van der Waals surface area contributed by atoms with Crippen molar-refractivity contribution in [3.05, 3.63) is 54.4 Å². The van der Waals surface area contributed by atoms with Gasteiger partial charge in [0.05, 0.1) is 25.6 Å². The summed E-state index contributed by atoms with van der Waals surface area (Å²) in [6.45, 7) is 1.87. The summed E-state index contributed by atoms with van der Waals surface area (Å²) in [4.78, 5) is 16.9. The first-order chi connectivity index (χ1) is 15.7. The minimum atomic E-state index is -3.36. The van der Waals surface area contributed by atoms with Crippen LogP contribution in [0.3, 0.4) is 0 Å². The number of hydrogen-bond donors (Lipinski definition) is 1. The SMILES string of the molecule is CC[C@H](Oc1ccc(N(C)S(C)(=O)=O)cc1)C(=O)NCc1nc(-c2cccc(OC)c2)no1. The Morgan fingerprint density at radius 3 is 2.55 bits per heavy atom. The lowest BCUT2D eigenvalue weighted by molar-refractivity contribution is -0.128. The van der Waals surface area contributed by atoms with E-state index in [9.17, 15) is 13.2 Å². The molecule has 176 valence electrons. The van der Waals surface area contributed by atoms with Crippen LogP contribution in [0.2, 0.25) is 0 Å². The molecule has 3 aromatic rings. The van der Waals surface area contributed by atoms with E-state index in [1.807, 2.05) is 25.1 Å². The van der Waals surface area contributed by atoms with Crippen LogP contribution in [0.1, 0.15) is 19.2 Å². The van der Waals surface area contributed by atoms with E-state index in [0.29, 0.717) is 29.4 Å². The summed E-state index contributed by atoms with van der Waals surface area (Å²) >= 11 is 0. The fraction of sp³-hybridized carbons (Fsp3) is 0.318. The number of carbonyl (C=O) groups is 1. The molecule has 0 spiro atoms. The van der Waals surface area contributed by atoms with Crippen molar-refractivity contribution < 1.29 is 27.2 Å². The van der Waals surface area contributed by atoms with Gasteiger partial charge in [-0.15, -0.1) is 0 Å². The van der Waals surface area contributed by atoms with E-state index >= 15 is 0 Å². The van der Waals surface area contributed by atoms with Crippen LogP contribution in [0.4, 0.5) is 5.69 Å². The Kier molecular flexibility index (Phi) is 7.54. The molecule has 1 amide bonds. The number of benzene rings is 2. The Labute approximate surface area is 192 Å². The zero-order chi connectivity index (χ0) is 24.0. The van der Waals surface area contributed by atoms with Gasteiger partial charge in [0, 0.05) is 12.6 Å². The lowest BCUT2D eigenvalue weighted by Crippen LogP contribution is -2.37. The summed E-state index contributed by atoms with van der Waals surface area (Å²) in [5, 5.41) is 6.68. The molecule has 0 fully saturated rings. The van der Waals surface area contributed by atoms with E-state index in [0.717, 1.165) is 16.1 Å². The topological polar surface area (TPSA) is 124 Å². The molecule has 1 atom stereocenters. The molecule has 0 bridgehead atoms. The van der Waals surface area contributed by atoms with Crippen LogP contribution in [0.5, 0.6) is 11.5 Å². The molecule has 11 heteroatoms. The molecule has 0 aliphatic carbocycles. The van der Waals surface area contributed by atoms with Gasteiger partial charge < -0.3 is 19.3 Å². The van der Waals surface area contributed by atoms with E-state index in [2.05, 4.69) is 15.5 Å². The maximum absolute atomic E-state index is 12.6. The van der Waals surface area contributed by atoms with Crippen molar-refractivity contribution in [1.29, 1.82) is 0 Å². The maximum Gasteiger partial charge on any atom is 0.261 e. The molecule has 2 aromatic carbocycles. The molecule has 0 saturated carbocycles. The summed E-state index contributed by atoms with van der Waals surface area (Å²) in [5.41, 5.74) is 1.22. The third-order valence-electron chi connectivity index (χ3n) is 4.85. The van der Waals surface area contributed by atoms with Crippen LogP contribution in [-0.4, -0.2) is 51.0 Å². The molecule has 0 unspecified atom stereocenters. The van der Waals surface area contributed by atoms with Crippen LogP contribution in [0, 0.1) is 0 Å². The van der Waals surface area contributed by atoms with Gasteiger partial charge in [0.25, 0.3) is 5.91 Å². The first-order valence-corrected chi connectivity index (χ1v) is 12.0. The van der Waals surface area contributed by atoms with Crippen molar-refractivity contribution >= 4 is 21.6 Å². The molecule has 0 radical (unpaired) electrons. The summed E-state index contributed by atoms with van der Waals surface area (Å²) in [7, 11) is -0.324. The smallest absolute Gasteiger partial charge is 0.261 e. The number of sulfonamides is 1. The van der Waals surface area contributed by atoms with E-state index in [-0.39, 0.29) is 18.3 Å². The Hall–Kier alpha value is -3.60. The molecule has 0 aliphatic rings. The van der Waals surface area contributed by atoms with Gasteiger partial charge in [-0.25, -0.2) is 8.42 Å². The zero-order valence-electron chi connectivity index (χ0n) is 18.8. The summed E-state index contributed by atoms with van der Waals surface area (Å²) in [6, 6.07) is 13.7. The Balaban J connectivity index is 1.58. The number of ether oxygens (including phenoxy) is 2. The summed E-state index contributed by atoms with van der Waals surface area (Å²) in [5.74, 6) is 1.42. The first-order valence-electron chi connectivity index (χ1n) is 10.2. The van der Waals surface area contributed by atoms with E-state index < -0.39 is 16.1 Å². The van der Waals surface area contributed by atoms with Crippen molar-refractivity contribution in [2.75, 3.05) is 24.7 Å². The Morgan fingerprint density at radius 1 is 1.18 bits per heavy atom. The number of hydrogen-bond acceptors (Lipinski definition) is 8. The Bertz CT molecular complexity index is 1190. The third-order valence-corrected chi connectivity index (χ3v) is 6.05. The van der Waals surface area contributed by atoms with Crippen molar-refractivity contribution in [2.24, 2.45) is 0 Å². The molecular weight excluding hydrogens is 448 g/mol. The second kappa shape index (κ2) is 10.3. The number of nitrogens with zero attached hydrogens (tertiary/aromatic N) is 3. The largest absolute Gasteiger partial charge is 0.497 e. The van der Waals surface area contributed by atoms with Crippen molar-refractivity contribution in [3.8, 4) is 22.9 Å². The molecule has 1 heterocycles. The van der Waals surface area contributed by atoms with Crippen LogP contribution in [-0.2, 0) is 21.4 Å². The normalized spacial score (nSPS) is 12.1. The van der Waals surface area contributed by atoms with Crippen LogP contribution >= 0.6 is 0 Å². The molecule has 33 heavy (non-hydrogen) atoms. The van der Waals surface area contributed by atoms with Gasteiger partial charge in [0.15, 0.2) is 6.10 Å². The first kappa shape index (κ1) is 24.1. The molecule has 3 rings (SSSR count). The number of rotatable bonds is 10. The van der Waals surface area contributed by atoms with E-state index in [1.165, 1.54) is 7.05 Å². The minimum absolute atomic E-state index is 0.0494. The van der Waals surface area contributed by atoms with Gasteiger partial charge in [-0.1, -0.05) is 24.2 Å². The van der Waals surface area contributed by atoms with Gasteiger partial charge in [-0.2, -0.15) is 4.98 Å². The van der Waals surface area contributed by atoms with Crippen LogP contribution in [0.15, 0.2) is 53.1 Å². The van der Waals surface area contributed by atoms with E-state index in [1.54, 1.807) is 37.4 Å². The standard InChI is InChI=1S/C22H26N4O6S/c1-5-19(31-17-11-9-16(10-12-17)26(2)33(4,28)29)22(27)23-14-20-24-21(25-32-20)15-7-6-8-18(13-15)30-3/h6-13,19H,5,14H2,1-4H3,(H,23,27)/t19-/m0/s1. The molecular formula is C22H26N4O6S. The number of methoxy groups -OCH3 is 1. The average molecular weight is 475 g/mol.